The van der Waals surface area contributed by atoms with Crippen molar-refractivity contribution in [2.45, 2.75) is 19.3 Å². The molecule has 8 heavy (non-hydrogen) atoms. The molecule has 0 spiro atoms. The molecule has 1 aliphatic rings. The summed E-state index contributed by atoms with van der Waals surface area (Å²) in [7, 11) is 0. The molecule has 0 atom stereocenters. The molecule has 1 rings (SSSR count). The lowest BCUT2D eigenvalue weighted by Crippen LogP contribution is -2.21. The van der Waals surface area contributed by atoms with Crippen LogP contribution in [0.5, 0.6) is 0 Å². The van der Waals surface area contributed by atoms with Gasteiger partial charge in [-0.2, -0.15) is 0 Å². The van der Waals surface area contributed by atoms with Crippen molar-refractivity contribution in [3.05, 3.63) is 0 Å². The van der Waals surface area contributed by atoms with Gasteiger partial charge in [-0.05, 0) is 25.9 Å². The van der Waals surface area contributed by atoms with E-state index in [9.17, 15) is 0 Å². The predicted molar refractivity (Wildman–Crippen MR) is 35.1 cm³/mol. The SMILES string of the molecule is C1CCNCC1.NN. The molecular weight excluding hydrogens is 102 g/mol. The first kappa shape index (κ1) is 7.88. The predicted octanol–water partition coefficient (Wildman–Crippen LogP) is -0.421. The van der Waals surface area contributed by atoms with E-state index in [1.165, 1.54) is 32.4 Å². The average Bonchev–Trinajstić information content (AvgIpc) is 1.96. The molecule has 0 aromatic heterocycles. The molecule has 0 saturated carbocycles. The fourth-order valence-electron chi connectivity index (χ4n) is 0.802. The molecule has 0 aromatic carbocycles. The van der Waals surface area contributed by atoms with Crippen molar-refractivity contribution >= 4 is 0 Å². The molecule has 1 aliphatic heterocycles. The van der Waals surface area contributed by atoms with Crippen LogP contribution in [-0.2, 0) is 0 Å². The van der Waals surface area contributed by atoms with Crippen molar-refractivity contribution in [1.29, 1.82) is 0 Å². The number of hydrogen-bond acceptors (Lipinski definition) is 3. The van der Waals surface area contributed by atoms with E-state index in [1.54, 1.807) is 0 Å². The number of rotatable bonds is 0. The van der Waals surface area contributed by atoms with E-state index in [0.29, 0.717) is 0 Å². The Kier molecular flexibility index (Phi) is 6.78. The summed E-state index contributed by atoms with van der Waals surface area (Å²) in [5.74, 6) is 8.00. The largest absolute Gasteiger partial charge is 0.317 e. The van der Waals surface area contributed by atoms with Crippen molar-refractivity contribution in [1.82, 2.24) is 5.32 Å². The topological polar surface area (TPSA) is 64.1 Å². The summed E-state index contributed by atoms with van der Waals surface area (Å²) >= 11 is 0. The Labute approximate surface area is 50.4 Å². The fourth-order valence-corrected chi connectivity index (χ4v) is 0.802. The Morgan fingerprint density at radius 1 is 0.875 bits per heavy atom. The van der Waals surface area contributed by atoms with Crippen molar-refractivity contribution in [2.24, 2.45) is 11.7 Å². The Hall–Kier alpha value is -0.120. The van der Waals surface area contributed by atoms with E-state index in [0.717, 1.165) is 0 Å². The Morgan fingerprint density at radius 2 is 1.38 bits per heavy atom. The van der Waals surface area contributed by atoms with Crippen LogP contribution in [0.4, 0.5) is 0 Å². The standard InChI is InChI=1S/C5H11N.H4N2/c1-2-4-6-5-3-1;1-2/h6H,1-5H2;1-2H2. The van der Waals surface area contributed by atoms with Crippen LogP contribution in [-0.4, -0.2) is 13.1 Å². The van der Waals surface area contributed by atoms with E-state index >= 15 is 0 Å². The van der Waals surface area contributed by atoms with E-state index in [1.807, 2.05) is 0 Å². The van der Waals surface area contributed by atoms with Crippen LogP contribution >= 0.6 is 0 Å². The van der Waals surface area contributed by atoms with Gasteiger partial charge in [-0.15, -0.1) is 0 Å². The van der Waals surface area contributed by atoms with Crippen molar-refractivity contribution in [2.75, 3.05) is 13.1 Å². The third-order valence-electron chi connectivity index (χ3n) is 1.21. The summed E-state index contributed by atoms with van der Waals surface area (Å²) < 4.78 is 0. The zero-order valence-corrected chi connectivity index (χ0v) is 5.19. The molecule has 1 fully saturated rings. The third-order valence-corrected chi connectivity index (χ3v) is 1.21. The molecule has 50 valence electrons. The van der Waals surface area contributed by atoms with Gasteiger partial charge in [0.05, 0.1) is 0 Å². The summed E-state index contributed by atoms with van der Waals surface area (Å²) in [5.41, 5.74) is 0. The van der Waals surface area contributed by atoms with Crippen molar-refractivity contribution in [3.8, 4) is 0 Å². The molecule has 0 aromatic rings. The first-order valence-corrected chi connectivity index (χ1v) is 3.04. The smallest absolute Gasteiger partial charge is 0.00489 e. The zero-order valence-electron chi connectivity index (χ0n) is 5.19. The van der Waals surface area contributed by atoms with Gasteiger partial charge in [-0.25, -0.2) is 0 Å². The summed E-state index contributed by atoms with van der Waals surface area (Å²) in [6, 6.07) is 0. The van der Waals surface area contributed by atoms with Crippen molar-refractivity contribution < 1.29 is 0 Å². The molecule has 1 saturated heterocycles. The fraction of sp³-hybridized carbons (Fsp3) is 1.00. The van der Waals surface area contributed by atoms with E-state index in [2.05, 4.69) is 17.0 Å². The van der Waals surface area contributed by atoms with Crippen LogP contribution in [0.3, 0.4) is 0 Å². The Bertz CT molecular complexity index is 23.1. The van der Waals surface area contributed by atoms with Gasteiger partial charge in [-0.1, -0.05) is 6.42 Å². The summed E-state index contributed by atoms with van der Waals surface area (Å²) in [6.07, 6.45) is 4.22. The highest BCUT2D eigenvalue weighted by Crippen LogP contribution is 1.96. The minimum absolute atomic E-state index is 1.25. The highest BCUT2D eigenvalue weighted by molar-refractivity contribution is 4.55. The number of nitrogens with one attached hydrogen (secondary N) is 1. The summed E-state index contributed by atoms with van der Waals surface area (Å²) in [4.78, 5) is 0. The van der Waals surface area contributed by atoms with E-state index < -0.39 is 0 Å². The average molecular weight is 117 g/mol. The second-order valence-electron chi connectivity index (χ2n) is 1.81. The van der Waals surface area contributed by atoms with Crippen LogP contribution in [0, 0.1) is 0 Å². The highest BCUT2D eigenvalue weighted by Gasteiger charge is 1.93. The van der Waals surface area contributed by atoms with Gasteiger partial charge in [0.1, 0.15) is 0 Å². The molecular formula is C5H15N3. The number of hydrazine groups is 1. The van der Waals surface area contributed by atoms with Crippen LogP contribution in [0.15, 0.2) is 0 Å². The van der Waals surface area contributed by atoms with Gasteiger partial charge in [0.15, 0.2) is 0 Å². The molecule has 0 radical (unpaired) electrons. The Morgan fingerprint density at radius 3 is 1.50 bits per heavy atom. The molecule has 0 aliphatic carbocycles. The van der Waals surface area contributed by atoms with Crippen LogP contribution < -0.4 is 17.0 Å². The molecule has 3 nitrogen and oxygen atoms in total. The molecule has 0 bridgehead atoms. The lowest BCUT2D eigenvalue weighted by Gasteiger charge is -2.08. The van der Waals surface area contributed by atoms with Gasteiger partial charge in [-0.3, -0.25) is 11.7 Å². The Balaban J connectivity index is 0.000000222. The second kappa shape index (κ2) is 6.88. The van der Waals surface area contributed by atoms with E-state index in [-0.39, 0.29) is 0 Å². The maximum atomic E-state index is 4.00. The zero-order chi connectivity index (χ0) is 6.24. The lowest BCUT2D eigenvalue weighted by atomic mass is 10.2. The summed E-state index contributed by atoms with van der Waals surface area (Å²) in [6.45, 7) is 2.50. The third kappa shape index (κ3) is 4.05. The number of hydrogen-bond donors (Lipinski definition) is 3. The normalized spacial score (nSPS) is 18.8. The monoisotopic (exact) mass is 117 g/mol. The van der Waals surface area contributed by atoms with Crippen LogP contribution in [0.25, 0.3) is 0 Å². The summed E-state index contributed by atoms with van der Waals surface area (Å²) in [5, 5.41) is 3.28. The maximum Gasteiger partial charge on any atom is -0.00489 e. The molecule has 0 unspecified atom stereocenters. The van der Waals surface area contributed by atoms with Crippen molar-refractivity contribution in [3.63, 3.8) is 0 Å². The maximum absolute atomic E-state index is 4.00. The van der Waals surface area contributed by atoms with E-state index in [4.69, 9.17) is 0 Å². The van der Waals surface area contributed by atoms with Gasteiger partial charge >= 0.3 is 0 Å². The van der Waals surface area contributed by atoms with Crippen LogP contribution in [0.1, 0.15) is 19.3 Å². The van der Waals surface area contributed by atoms with Gasteiger partial charge in [0, 0.05) is 0 Å². The molecule has 0 amide bonds. The minimum Gasteiger partial charge on any atom is -0.317 e. The highest BCUT2D eigenvalue weighted by atomic mass is 15.0. The van der Waals surface area contributed by atoms with Crippen LogP contribution in [0.2, 0.25) is 0 Å². The quantitative estimate of drug-likeness (QED) is 0.298. The minimum atomic E-state index is 1.25. The molecule has 3 heteroatoms. The lowest BCUT2D eigenvalue weighted by molar-refractivity contribution is 0.520. The van der Waals surface area contributed by atoms with Gasteiger partial charge in [0.2, 0.25) is 0 Å². The molecule has 5 N–H and O–H groups in total. The first-order chi connectivity index (χ1) is 4.00. The first-order valence-electron chi connectivity index (χ1n) is 3.04. The number of nitrogens with two attached hydrogens (primary N) is 2. The van der Waals surface area contributed by atoms with Gasteiger partial charge < -0.3 is 5.32 Å². The van der Waals surface area contributed by atoms with Gasteiger partial charge in [0.25, 0.3) is 0 Å². The molecule has 1 heterocycles. The second-order valence-corrected chi connectivity index (χ2v) is 1.81. The number of piperidine rings is 1.